The fraction of sp³-hybridized carbons (Fsp3) is 0.357. The molecule has 2 heteroatoms. The summed E-state index contributed by atoms with van der Waals surface area (Å²) in [4.78, 5) is 11.7. The zero-order valence-corrected chi connectivity index (χ0v) is 10.1. The fourth-order valence-electron chi connectivity index (χ4n) is 1.71. The number of hydrogen-bond acceptors (Lipinski definition) is 2. The molecular formula is C14H18O2. The first-order valence-electron chi connectivity index (χ1n) is 5.31. The van der Waals surface area contributed by atoms with Gasteiger partial charge in [0.15, 0.2) is 0 Å². The molecule has 2 nitrogen and oxygen atoms in total. The van der Waals surface area contributed by atoms with Gasteiger partial charge in [-0.2, -0.15) is 0 Å². The molecule has 0 radical (unpaired) electrons. The second-order valence-electron chi connectivity index (χ2n) is 4.11. The largest absolute Gasteiger partial charge is 0.497 e. The molecule has 0 saturated heterocycles. The van der Waals surface area contributed by atoms with Crippen LogP contribution in [0.1, 0.15) is 25.8 Å². The Balaban J connectivity index is 3.11. The molecule has 0 amide bonds. The lowest BCUT2D eigenvalue weighted by molar-refractivity contribution is -0.121. The molecule has 0 aliphatic rings. The maximum Gasteiger partial charge on any atom is 0.140 e. The van der Waals surface area contributed by atoms with Crippen molar-refractivity contribution in [1.29, 1.82) is 0 Å². The second-order valence-corrected chi connectivity index (χ2v) is 4.11. The summed E-state index contributed by atoms with van der Waals surface area (Å²) in [6.45, 7) is 7.27. The van der Waals surface area contributed by atoms with E-state index in [-0.39, 0.29) is 5.78 Å². The smallest absolute Gasteiger partial charge is 0.140 e. The van der Waals surface area contributed by atoms with Crippen LogP contribution in [-0.2, 0) is 10.2 Å². The van der Waals surface area contributed by atoms with Crippen LogP contribution in [0.15, 0.2) is 36.9 Å². The maximum atomic E-state index is 11.7. The molecule has 0 spiro atoms. The third-order valence-corrected chi connectivity index (χ3v) is 3.06. The highest BCUT2D eigenvalue weighted by Gasteiger charge is 2.30. The first-order chi connectivity index (χ1) is 7.54. The van der Waals surface area contributed by atoms with Crippen LogP contribution >= 0.6 is 0 Å². The molecule has 0 aliphatic heterocycles. The van der Waals surface area contributed by atoms with Gasteiger partial charge < -0.3 is 4.74 Å². The summed E-state index contributed by atoms with van der Waals surface area (Å²) in [6.07, 6.45) is 2.43. The molecule has 1 aromatic rings. The van der Waals surface area contributed by atoms with Gasteiger partial charge in [-0.05, 0) is 38.0 Å². The van der Waals surface area contributed by atoms with Crippen molar-refractivity contribution in [1.82, 2.24) is 0 Å². The minimum Gasteiger partial charge on any atom is -0.497 e. The van der Waals surface area contributed by atoms with Crippen LogP contribution < -0.4 is 4.74 Å². The van der Waals surface area contributed by atoms with Crippen LogP contribution in [0.5, 0.6) is 5.75 Å². The summed E-state index contributed by atoms with van der Waals surface area (Å²) in [7, 11) is 1.63. The fourth-order valence-corrected chi connectivity index (χ4v) is 1.71. The Hall–Kier alpha value is -1.57. The SMILES string of the molecule is C=CCC(C)(C(C)=O)c1ccc(OC)cc1. The normalized spacial score (nSPS) is 13.9. The van der Waals surface area contributed by atoms with Gasteiger partial charge in [0.05, 0.1) is 12.5 Å². The molecule has 16 heavy (non-hydrogen) atoms. The van der Waals surface area contributed by atoms with E-state index >= 15 is 0 Å². The molecule has 1 aromatic carbocycles. The molecule has 0 heterocycles. The molecule has 0 saturated carbocycles. The molecule has 1 rings (SSSR count). The van der Waals surface area contributed by atoms with E-state index in [1.807, 2.05) is 31.2 Å². The molecule has 1 atom stereocenters. The van der Waals surface area contributed by atoms with E-state index in [0.29, 0.717) is 6.42 Å². The van der Waals surface area contributed by atoms with Crippen molar-refractivity contribution in [2.45, 2.75) is 25.7 Å². The van der Waals surface area contributed by atoms with Crippen molar-refractivity contribution in [2.75, 3.05) is 7.11 Å². The predicted octanol–water partition coefficient (Wildman–Crippen LogP) is 3.12. The highest BCUT2D eigenvalue weighted by Crippen LogP contribution is 2.30. The Morgan fingerprint density at radius 1 is 1.44 bits per heavy atom. The maximum absolute atomic E-state index is 11.7. The number of hydrogen-bond donors (Lipinski definition) is 0. The molecule has 0 fully saturated rings. The lowest BCUT2D eigenvalue weighted by atomic mass is 9.76. The number of methoxy groups -OCH3 is 1. The van der Waals surface area contributed by atoms with E-state index in [1.54, 1.807) is 20.1 Å². The number of Topliss-reactive ketones (excluding diaryl/α,β-unsaturated/α-hetero) is 1. The number of carbonyl (C=O) groups excluding carboxylic acids is 1. The second kappa shape index (κ2) is 4.97. The van der Waals surface area contributed by atoms with Gasteiger partial charge in [0.1, 0.15) is 11.5 Å². The third kappa shape index (κ3) is 2.32. The molecule has 86 valence electrons. The highest BCUT2D eigenvalue weighted by molar-refractivity contribution is 5.87. The van der Waals surface area contributed by atoms with Gasteiger partial charge in [0, 0.05) is 0 Å². The number of ketones is 1. The zero-order chi connectivity index (χ0) is 12.2. The van der Waals surface area contributed by atoms with Gasteiger partial charge >= 0.3 is 0 Å². The highest BCUT2D eigenvalue weighted by atomic mass is 16.5. The number of allylic oxidation sites excluding steroid dienone is 1. The summed E-state index contributed by atoms with van der Waals surface area (Å²) in [5.41, 5.74) is 0.522. The zero-order valence-electron chi connectivity index (χ0n) is 10.1. The van der Waals surface area contributed by atoms with E-state index < -0.39 is 5.41 Å². The van der Waals surface area contributed by atoms with Gasteiger partial charge in [0.2, 0.25) is 0 Å². The van der Waals surface area contributed by atoms with Crippen LogP contribution in [0.3, 0.4) is 0 Å². The Bertz CT molecular complexity index is 378. The summed E-state index contributed by atoms with van der Waals surface area (Å²) in [5, 5.41) is 0. The van der Waals surface area contributed by atoms with Crippen molar-refractivity contribution in [3.05, 3.63) is 42.5 Å². The minimum absolute atomic E-state index is 0.151. The molecular weight excluding hydrogens is 200 g/mol. The summed E-state index contributed by atoms with van der Waals surface area (Å²) in [6, 6.07) is 7.62. The van der Waals surface area contributed by atoms with Crippen LogP contribution in [0, 0.1) is 0 Å². The van der Waals surface area contributed by atoms with E-state index in [4.69, 9.17) is 4.74 Å². The van der Waals surface area contributed by atoms with Gasteiger partial charge in [0.25, 0.3) is 0 Å². The van der Waals surface area contributed by atoms with Crippen molar-refractivity contribution >= 4 is 5.78 Å². The Kier molecular flexibility index (Phi) is 3.88. The first-order valence-corrected chi connectivity index (χ1v) is 5.31. The molecule has 1 unspecified atom stereocenters. The van der Waals surface area contributed by atoms with Crippen LogP contribution in [-0.4, -0.2) is 12.9 Å². The first kappa shape index (κ1) is 12.5. The van der Waals surface area contributed by atoms with E-state index in [9.17, 15) is 4.79 Å². The number of benzene rings is 1. The van der Waals surface area contributed by atoms with Crippen LogP contribution in [0.2, 0.25) is 0 Å². The third-order valence-electron chi connectivity index (χ3n) is 3.06. The topological polar surface area (TPSA) is 26.3 Å². The lowest BCUT2D eigenvalue weighted by Crippen LogP contribution is -2.29. The van der Waals surface area contributed by atoms with Crippen molar-refractivity contribution in [3.63, 3.8) is 0 Å². The molecule has 0 bridgehead atoms. The lowest BCUT2D eigenvalue weighted by Gasteiger charge is -2.26. The molecule has 0 aliphatic carbocycles. The molecule has 0 aromatic heterocycles. The standard InChI is InChI=1S/C14H18O2/c1-5-10-14(3,11(2)15)12-6-8-13(16-4)9-7-12/h5-9H,1,10H2,2-4H3. The number of carbonyl (C=O) groups is 1. The average Bonchev–Trinajstić information content (AvgIpc) is 2.29. The quantitative estimate of drug-likeness (QED) is 0.710. The average molecular weight is 218 g/mol. The van der Waals surface area contributed by atoms with Crippen molar-refractivity contribution in [2.24, 2.45) is 0 Å². The Morgan fingerprint density at radius 2 is 2.00 bits per heavy atom. The van der Waals surface area contributed by atoms with Gasteiger partial charge in [-0.15, -0.1) is 6.58 Å². The summed E-state index contributed by atoms with van der Waals surface area (Å²) >= 11 is 0. The van der Waals surface area contributed by atoms with Crippen LogP contribution in [0.25, 0.3) is 0 Å². The van der Waals surface area contributed by atoms with Gasteiger partial charge in [-0.1, -0.05) is 18.2 Å². The van der Waals surface area contributed by atoms with E-state index in [0.717, 1.165) is 11.3 Å². The number of rotatable bonds is 5. The van der Waals surface area contributed by atoms with Crippen molar-refractivity contribution in [3.8, 4) is 5.75 Å². The summed E-state index contributed by atoms with van der Waals surface area (Å²) in [5.74, 6) is 0.950. The predicted molar refractivity (Wildman–Crippen MR) is 65.8 cm³/mol. The van der Waals surface area contributed by atoms with E-state index in [1.165, 1.54) is 0 Å². The summed E-state index contributed by atoms with van der Waals surface area (Å²) < 4.78 is 5.10. The Labute approximate surface area is 96.9 Å². The monoisotopic (exact) mass is 218 g/mol. The number of ether oxygens (including phenoxy) is 1. The van der Waals surface area contributed by atoms with E-state index in [2.05, 4.69) is 6.58 Å². The minimum atomic E-state index is -0.478. The molecule has 0 N–H and O–H groups in total. The van der Waals surface area contributed by atoms with Crippen molar-refractivity contribution < 1.29 is 9.53 Å². The Morgan fingerprint density at radius 3 is 2.38 bits per heavy atom. The van der Waals surface area contributed by atoms with Gasteiger partial charge in [-0.25, -0.2) is 0 Å². The van der Waals surface area contributed by atoms with Crippen LogP contribution in [0.4, 0.5) is 0 Å². The van der Waals surface area contributed by atoms with Gasteiger partial charge in [-0.3, -0.25) is 4.79 Å².